The lowest BCUT2D eigenvalue weighted by Crippen LogP contribution is -2.40. The van der Waals surface area contributed by atoms with Crippen LogP contribution in [-0.2, 0) is 14.3 Å². The monoisotopic (exact) mass is 175 g/mol. The second kappa shape index (κ2) is 3.01. The summed E-state index contributed by atoms with van der Waals surface area (Å²) in [6.07, 6.45) is -1.93. The molecule has 1 rings (SSSR count). The predicted molar refractivity (Wildman–Crippen MR) is 40.1 cm³/mol. The number of hydrogen-bond donors (Lipinski definition) is 2. The van der Waals surface area contributed by atoms with Crippen LogP contribution in [0.1, 0.15) is 13.8 Å². The van der Waals surface area contributed by atoms with Gasteiger partial charge in [0, 0.05) is 0 Å². The van der Waals surface area contributed by atoms with Crippen molar-refractivity contribution in [3.63, 3.8) is 0 Å². The quantitative estimate of drug-likeness (QED) is 0.563. The van der Waals surface area contributed by atoms with Crippen LogP contribution >= 0.6 is 0 Å². The molecule has 3 N–H and O–H groups in total. The molecule has 0 radical (unpaired) electrons. The van der Waals surface area contributed by atoms with Gasteiger partial charge < -0.3 is 20.3 Å². The van der Waals surface area contributed by atoms with E-state index in [0.717, 1.165) is 0 Å². The Bertz CT molecular complexity index is 192. The van der Waals surface area contributed by atoms with Crippen molar-refractivity contribution in [2.45, 2.75) is 31.8 Å². The van der Waals surface area contributed by atoms with Crippen LogP contribution in [0.3, 0.4) is 0 Å². The summed E-state index contributed by atoms with van der Waals surface area (Å²) in [5, 5.41) is 9.18. The minimum atomic E-state index is -1.29. The third-order valence-corrected chi connectivity index (χ3v) is 1.67. The lowest BCUT2D eigenvalue weighted by Gasteiger charge is -2.18. The van der Waals surface area contributed by atoms with E-state index in [1.807, 2.05) is 0 Å². The molecule has 0 spiro atoms. The maximum Gasteiger partial charge on any atom is 0.249 e. The van der Waals surface area contributed by atoms with E-state index in [1.54, 1.807) is 13.8 Å². The van der Waals surface area contributed by atoms with Crippen molar-refractivity contribution in [1.29, 1.82) is 0 Å². The van der Waals surface area contributed by atoms with Gasteiger partial charge in [0.1, 0.15) is 6.10 Å². The summed E-state index contributed by atoms with van der Waals surface area (Å²) in [4.78, 5) is 10.5. The number of rotatable bonds is 2. The number of carbonyl (C=O) groups is 1. The number of nitrogens with two attached hydrogens (primary N) is 1. The van der Waals surface area contributed by atoms with Crippen molar-refractivity contribution in [1.82, 2.24) is 0 Å². The van der Waals surface area contributed by atoms with E-state index >= 15 is 0 Å². The molecule has 1 heterocycles. The molecule has 0 aliphatic carbocycles. The molecule has 0 aromatic heterocycles. The summed E-state index contributed by atoms with van der Waals surface area (Å²) >= 11 is 0. The second-order valence-electron chi connectivity index (χ2n) is 3.21. The molecule has 0 bridgehead atoms. The summed E-state index contributed by atoms with van der Waals surface area (Å²) < 4.78 is 10.3. The van der Waals surface area contributed by atoms with Crippen LogP contribution in [0.15, 0.2) is 0 Å². The van der Waals surface area contributed by atoms with Gasteiger partial charge in [-0.2, -0.15) is 0 Å². The van der Waals surface area contributed by atoms with Gasteiger partial charge in [-0.3, -0.25) is 4.79 Å². The molecule has 1 saturated heterocycles. The number of carbonyl (C=O) groups excluding carboxylic acids is 1. The highest BCUT2D eigenvalue weighted by Gasteiger charge is 2.38. The van der Waals surface area contributed by atoms with E-state index in [-0.39, 0.29) is 6.61 Å². The molecule has 1 aliphatic rings. The van der Waals surface area contributed by atoms with E-state index in [4.69, 9.17) is 15.2 Å². The number of primary amides is 1. The molecule has 1 amide bonds. The Balaban J connectivity index is 2.52. The molecule has 0 aromatic rings. The molecule has 1 aliphatic heterocycles. The minimum Gasteiger partial charge on any atom is -0.380 e. The van der Waals surface area contributed by atoms with Crippen molar-refractivity contribution >= 4 is 5.91 Å². The summed E-state index contributed by atoms with van der Waals surface area (Å²) in [6.45, 7) is 3.61. The molecular formula is C7H13NO4. The van der Waals surface area contributed by atoms with Gasteiger partial charge in [-0.25, -0.2) is 0 Å². The fraction of sp³-hybridized carbons (Fsp3) is 0.857. The topological polar surface area (TPSA) is 81.8 Å². The number of ether oxygens (including phenoxy) is 2. The zero-order chi connectivity index (χ0) is 9.35. The van der Waals surface area contributed by atoms with Gasteiger partial charge in [0.2, 0.25) is 5.91 Å². The first kappa shape index (κ1) is 9.44. The van der Waals surface area contributed by atoms with Crippen molar-refractivity contribution in [3.05, 3.63) is 0 Å². The average molecular weight is 175 g/mol. The standard InChI is InChI=1S/C7H13NO4/c1-7(2)11-3-4(12-7)5(9)6(8)10/h4-5,9H,3H2,1-2H3,(H2,8,10). The van der Waals surface area contributed by atoms with Gasteiger partial charge in [0.05, 0.1) is 6.61 Å². The molecule has 0 aromatic carbocycles. The van der Waals surface area contributed by atoms with Crippen LogP contribution in [0.25, 0.3) is 0 Å². The van der Waals surface area contributed by atoms with Crippen LogP contribution in [0.2, 0.25) is 0 Å². The molecule has 2 unspecified atom stereocenters. The first-order valence-corrected chi connectivity index (χ1v) is 3.71. The number of amides is 1. The highest BCUT2D eigenvalue weighted by atomic mass is 16.7. The first-order chi connectivity index (χ1) is 5.42. The lowest BCUT2D eigenvalue weighted by molar-refractivity contribution is -0.157. The highest BCUT2D eigenvalue weighted by Crippen LogP contribution is 2.23. The van der Waals surface area contributed by atoms with Gasteiger partial charge in [0.25, 0.3) is 0 Å². The van der Waals surface area contributed by atoms with E-state index < -0.39 is 23.9 Å². The SMILES string of the molecule is CC1(C)OCC(C(O)C(N)=O)O1. The molecule has 12 heavy (non-hydrogen) atoms. The first-order valence-electron chi connectivity index (χ1n) is 3.71. The number of aliphatic hydroxyl groups is 1. The van der Waals surface area contributed by atoms with Crippen LogP contribution in [0.4, 0.5) is 0 Å². The molecule has 70 valence electrons. The zero-order valence-electron chi connectivity index (χ0n) is 7.11. The molecule has 0 saturated carbocycles. The number of hydrogen-bond acceptors (Lipinski definition) is 4. The van der Waals surface area contributed by atoms with Gasteiger partial charge in [-0.1, -0.05) is 0 Å². The van der Waals surface area contributed by atoms with Gasteiger partial charge in [-0.15, -0.1) is 0 Å². The van der Waals surface area contributed by atoms with Gasteiger partial charge in [0.15, 0.2) is 11.9 Å². The van der Waals surface area contributed by atoms with E-state index in [0.29, 0.717) is 0 Å². The van der Waals surface area contributed by atoms with Crippen molar-refractivity contribution in [2.75, 3.05) is 6.61 Å². The van der Waals surface area contributed by atoms with Crippen LogP contribution in [0, 0.1) is 0 Å². The maximum atomic E-state index is 10.5. The van der Waals surface area contributed by atoms with Crippen molar-refractivity contribution in [3.8, 4) is 0 Å². The molecule has 2 atom stereocenters. The van der Waals surface area contributed by atoms with Gasteiger partial charge >= 0.3 is 0 Å². The minimum absolute atomic E-state index is 0.192. The van der Waals surface area contributed by atoms with E-state index in [9.17, 15) is 9.90 Å². The fourth-order valence-electron chi connectivity index (χ4n) is 1.05. The van der Waals surface area contributed by atoms with Crippen LogP contribution < -0.4 is 5.73 Å². The number of aliphatic hydroxyl groups excluding tert-OH is 1. The Hall–Kier alpha value is -0.650. The normalized spacial score (nSPS) is 30.1. The largest absolute Gasteiger partial charge is 0.380 e. The average Bonchev–Trinajstić information content (AvgIpc) is 2.28. The van der Waals surface area contributed by atoms with Crippen molar-refractivity contribution < 1.29 is 19.4 Å². The second-order valence-corrected chi connectivity index (χ2v) is 3.21. The smallest absolute Gasteiger partial charge is 0.249 e. The Morgan fingerprint density at radius 1 is 1.75 bits per heavy atom. The third kappa shape index (κ3) is 1.94. The Morgan fingerprint density at radius 3 is 2.67 bits per heavy atom. The maximum absolute atomic E-state index is 10.5. The molecule has 1 fully saturated rings. The summed E-state index contributed by atoms with van der Waals surface area (Å²) in [7, 11) is 0. The van der Waals surface area contributed by atoms with E-state index in [2.05, 4.69) is 0 Å². The Labute approximate surface area is 70.4 Å². The Kier molecular flexibility index (Phi) is 2.36. The van der Waals surface area contributed by atoms with Gasteiger partial charge in [-0.05, 0) is 13.8 Å². The molecule has 5 nitrogen and oxygen atoms in total. The molecular weight excluding hydrogens is 162 g/mol. The fourth-order valence-corrected chi connectivity index (χ4v) is 1.05. The Morgan fingerprint density at radius 2 is 2.33 bits per heavy atom. The summed E-state index contributed by atoms with van der Waals surface area (Å²) in [6, 6.07) is 0. The summed E-state index contributed by atoms with van der Waals surface area (Å²) in [5.74, 6) is -1.53. The van der Waals surface area contributed by atoms with E-state index in [1.165, 1.54) is 0 Å². The zero-order valence-corrected chi connectivity index (χ0v) is 7.11. The molecule has 5 heteroatoms. The summed E-state index contributed by atoms with van der Waals surface area (Å²) in [5.41, 5.74) is 4.88. The van der Waals surface area contributed by atoms with Crippen LogP contribution in [-0.4, -0.2) is 35.6 Å². The van der Waals surface area contributed by atoms with Crippen LogP contribution in [0.5, 0.6) is 0 Å². The predicted octanol–water partition coefficient (Wildman–Crippen LogP) is -1.02. The third-order valence-electron chi connectivity index (χ3n) is 1.67. The highest BCUT2D eigenvalue weighted by molar-refractivity contribution is 5.79. The van der Waals surface area contributed by atoms with Crippen molar-refractivity contribution in [2.24, 2.45) is 5.73 Å². The lowest BCUT2D eigenvalue weighted by atomic mass is 10.2.